The fourth-order valence-corrected chi connectivity index (χ4v) is 4.75. The number of amides is 1. The summed E-state index contributed by atoms with van der Waals surface area (Å²) in [6.45, 7) is 1.31. The predicted molar refractivity (Wildman–Crippen MR) is 122 cm³/mol. The van der Waals surface area contributed by atoms with Crippen molar-refractivity contribution in [1.29, 1.82) is 0 Å². The molecule has 0 fully saturated rings. The molecule has 1 aliphatic carbocycles. The summed E-state index contributed by atoms with van der Waals surface area (Å²) < 4.78 is 12.7. The number of nitrogens with one attached hydrogen (secondary N) is 2. The highest BCUT2D eigenvalue weighted by molar-refractivity contribution is 6.07. The summed E-state index contributed by atoms with van der Waals surface area (Å²) in [6.07, 6.45) is 4.91. The van der Waals surface area contributed by atoms with Crippen molar-refractivity contribution in [1.82, 2.24) is 14.9 Å². The van der Waals surface area contributed by atoms with E-state index in [1.165, 1.54) is 10.9 Å². The number of carbonyl (C=O) groups excluding carboxylic acids is 1. The molecule has 0 radical (unpaired) electrons. The van der Waals surface area contributed by atoms with E-state index in [2.05, 4.69) is 27.0 Å². The van der Waals surface area contributed by atoms with E-state index >= 15 is 0 Å². The van der Waals surface area contributed by atoms with Crippen LogP contribution in [0.2, 0.25) is 0 Å². The summed E-state index contributed by atoms with van der Waals surface area (Å²) in [5.41, 5.74) is 5.24. The third-order valence-electron chi connectivity index (χ3n) is 6.29. The molecule has 6 nitrogen and oxygen atoms in total. The van der Waals surface area contributed by atoms with Gasteiger partial charge in [-0.25, -0.2) is 0 Å². The number of aromatic amines is 1. The topological polar surface area (TPSA) is 68.3 Å². The molecule has 0 saturated heterocycles. The quantitative estimate of drug-likeness (QED) is 0.482. The summed E-state index contributed by atoms with van der Waals surface area (Å²) in [6, 6.07) is 14.1. The number of aryl methyl sites for hydroxylation is 1. The van der Waals surface area contributed by atoms with E-state index in [1.807, 2.05) is 36.5 Å². The Labute approximate surface area is 181 Å². The van der Waals surface area contributed by atoms with Crippen LogP contribution in [0.25, 0.3) is 21.8 Å². The first-order valence-corrected chi connectivity index (χ1v) is 10.8. The highest BCUT2D eigenvalue weighted by Gasteiger charge is 2.27. The van der Waals surface area contributed by atoms with Gasteiger partial charge >= 0.3 is 0 Å². The second-order valence-electron chi connectivity index (χ2n) is 8.09. The fraction of sp³-hybridized carbons (Fsp3) is 0.320. The molecule has 2 N–H and O–H groups in total. The van der Waals surface area contributed by atoms with Gasteiger partial charge < -0.3 is 24.3 Å². The van der Waals surface area contributed by atoms with Gasteiger partial charge in [0.25, 0.3) is 5.91 Å². The first-order chi connectivity index (χ1) is 15.2. The summed E-state index contributed by atoms with van der Waals surface area (Å²) >= 11 is 0. The average Bonchev–Trinajstić information content (AvgIpc) is 3.36. The Morgan fingerprint density at radius 3 is 2.90 bits per heavy atom. The van der Waals surface area contributed by atoms with Gasteiger partial charge in [-0.1, -0.05) is 18.2 Å². The predicted octanol–water partition coefficient (Wildman–Crippen LogP) is 4.59. The zero-order valence-electron chi connectivity index (χ0n) is 17.9. The molecule has 0 unspecified atom stereocenters. The minimum Gasteiger partial charge on any atom is -0.497 e. The largest absolute Gasteiger partial charge is 0.497 e. The van der Waals surface area contributed by atoms with Gasteiger partial charge in [-0.3, -0.25) is 4.79 Å². The summed E-state index contributed by atoms with van der Waals surface area (Å²) in [4.78, 5) is 16.9. The van der Waals surface area contributed by atoms with E-state index in [-0.39, 0.29) is 11.9 Å². The van der Waals surface area contributed by atoms with E-state index in [0.29, 0.717) is 18.7 Å². The number of benzene rings is 2. The van der Waals surface area contributed by atoms with Crippen LogP contribution in [0.3, 0.4) is 0 Å². The van der Waals surface area contributed by atoms with Crippen LogP contribution in [0.1, 0.15) is 40.5 Å². The maximum Gasteiger partial charge on any atom is 0.253 e. The van der Waals surface area contributed by atoms with Crippen LogP contribution in [0.4, 0.5) is 0 Å². The first kappa shape index (κ1) is 19.7. The molecule has 1 aliphatic rings. The van der Waals surface area contributed by atoms with Crippen LogP contribution >= 0.6 is 0 Å². The van der Waals surface area contributed by atoms with Crippen LogP contribution < -0.4 is 10.1 Å². The number of nitrogens with zero attached hydrogens (tertiary/aromatic N) is 1. The maximum atomic E-state index is 13.3. The van der Waals surface area contributed by atoms with Crippen molar-refractivity contribution in [3.8, 4) is 5.75 Å². The van der Waals surface area contributed by atoms with Gasteiger partial charge in [0.15, 0.2) is 0 Å². The molecule has 2 aromatic heterocycles. The highest BCUT2D eigenvalue weighted by Crippen LogP contribution is 2.36. The molecule has 2 aromatic carbocycles. The van der Waals surface area contributed by atoms with E-state index in [0.717, 1.165) is 47.1 Å². The van der Waals surface area contributed by atoms with Gasteiger partial charge in [0.2, 0.25) is 0 Å². The fourth-order valence-electron chi connectivity index (χ4n) is 4.75. The van der Waals surface area contributed by atoms with Crippen molar-refractivity contribution in [2.45, 2.75) is 31.8 Å². The molecule has 160 valence electrons. The van der Waals surface area contributed by atoms with E-state index in [4.69, 9.17) is 9.47 Å². The minimum absolute atomic E-state index is 0.0317. The standard InChI is InChI=1S/C25H27N3O3/c1-30-13-12-28-15-20(17-6-3-4-9-23(17)28)25(29)27-22-8-5-7-18-19-14-16(31-2)10-11-21(19)26-24(18)22/h3-4,6,9-11,14-15,22,26H,5,7-8,12-13H2,1-2H3,(H,27,29)/t22-/m0/s1. The van der Waals surface area contributed by atoms with Gasteiger partial charge in [0.1, 0.15) is 5.75 Å². The number of carbonyl (C=O) groups is 1. The number of rotatable bonds is 6. The van der Waals surface area contributed by atoms with Gasteiger partial charge in [-0.2, -0.15) is 0 Å². The van der Waals surface area contributed by atoms with Crippen LogP contribution in [0.5, 0.6) is 5.75 Å². The van der Waals surface area contributed by atoms with Crippen molar-refractivity contribution < 1.29 is 14.3 Å². The average molecular weight is 418 g/mol. The molecule has 1 atom stereocenters. The molecule has 0 spiro atoms. The molecular weight excluding hydrogens is 390 g/mol. The number of aromatic nitrogens is 2. The number of H-pyrrole nitrogens is 1. The third kappa shape index (κ3) is 3.47. The lowest BCUT2D eigenvalue weighted by atomic mass is 9.91. The van der Waals surface area contributed by atoms with Gasteiger partial charge in [0.05, 0.1) is 25.3 Å². The van der Waals surface area contributed by atoms with Crippen molar-refractivity contribution in [3.05, 3.63) is 65.5 Å². The monoisotopic (exact) mass is 417 g/mol. The normalized spacial score (nSPS) is 15.9. The van der Waals surface area contributed by atoms with Gasteiger partial charge in [-0.05, 0) is 49.1 Å². The zero-order valence-corrected chi connectivity index (χ0v) is 17.9. The molecule has 2 heterocycles. The molecule has 4 aromatic rings. The molecule has 1 amide bonds. The molecule has 0 aliphatic heterocycles. The molecule has 0 bridgehead atoms. The van der Waals surface area contributed by atoms with Crippen LogP contribution in [-0.2, 0) is 17.7 Å². The third-order valence-corrected chi connectivity index (χ3v) is 6.29. The summed E-state index contributed by atoms with van der Waals surface area (Å²) in [7, 11) is 3.38. The molecular formula is C25H27N3O3. The Hall–Kier alpha value is -3.25. The lowest BCUT2D eigenvalue weighted by molar-refractivity contribution is 0.0933. The Morgan fingerprint density at radius 2 is 2.06 bits per heavy atom. The van der Waals surface area contributed by atoms with E-state index in [1.54, 1.807) is 14.2 Å². The number of ether oxygens (including phenoxy) is 2. The highest BCUT2D eigenvalue weighted by atomic mass is 16.5. The SMILES string of the molecule is COCCn1cc(C(=O)N[C@H]2CCCc3c2[nH]c2ccc(OC)cc32)c2ccccc21. The van der Waals surface area contributed by atoms with Gasteiger partial charge in [-0.15, -0.1) is 0 Å². The van der Waals surface area contributed by atoms with Crippen molar-refractivity contribution in [2.24, 2.45) is 0 Å². The van der Waals surface area contributed by atoms with E-state index < -0.39 is 0 Å². The number of methoxy groups -OCH3 is 2. The number of para-hydroxylation sites is 1. The van der Waals surface area contributed by atoms with E-state index in [9.17, 15) is 4.79 Å². The second kappa shape index (κ2) is 8.12. The minimum atomic E-state index is -0.0403. The lowest BCUT2D eigenvalue weighted by Crippen LogP contribution is -2.31. The summed E-state index contributed by atoms with van der Waals surface area (Å²) in [5, 5.41) is 5.45. The summed E-state index contributed by atoms with van der Waals surface area (Å²) in [5.74, 6) is 0.811. The molecule has 6 heteroatoms. The Morgan fingerprint density at radius 1 is 1.19 bits per heavy atom. The Kier molecular flexibility index (Phi) is 5.16. The molecule has 0 saturated carbocycles. The van der Waals surface area contributed by atoms with Crippen LogP contribution in [0.15, 0.2) is 48.7 Å². The number of fused-ring (bicyclic) bond motifs is 4. The van der Waals surface area contributed by atoms with Crippen molar-refractivity contribution in [2.75, 3.05) is 20.8 Å². The maximum absolute atomic E-state index is 13.3. The number of hydrogen-bond donors (Lipinski definition) is 2. The van der Waals surface area contributed by atoms with Crippen molar-refractivity contribution in [3.63, 3.8) is 0 Å². The van der Waals surface area contributed by atoms with Crippen LogP contribution in [0, 0.1) is 0 Å². The first-order valence-electron chi connectivity index (χ1n) is 10.8. The Balaban J connectivity index is 1.47. The lowest BCUT2D eigenvalue weighted by Gasteiger charge is -2.23. The zero-order chi connectivity index (χ0) is 21.4. The Bertz CT molecular complexity index is 1250. The smallest absolute Gasteiger partial charge is 0.253 e. The molecule has 31 heavy (non-hydrogen) atoms. The number of hydrogen-bond acceptors (Lipinski definition) is 3. The molecule has 5 rings (SSSR count). The second-order valence-corrected chi connectivity index (χ2v) is 8.09. The van der Waals surface area contributed by atoms with Crippen LogP contribution in [-0.4, -0.2) is 36.3 Å². The van der Waals surface area contributed by atoms with Crippen molar-refractivity contribution >= 4 is 27.7 Å². The van der Waals surface area contributed by atoms with Gasteiger partial charge in [0, 0.05) is 47.4 Å².